The number of carbonyl (C=O) groups excluding carboxylic acids is 1. The van der Waals surface area contributed by atoms with E-state index in [1.807, 2.05) is 25.3 Å². The smallest absolute Gasteiger partial charge is 0.338 e. The number of carbonyl (C=O) groups is 1. The second kappa shape index (κ2) is 10.6. The van der Waals surface area contributed by atoms with Crippen LogP contribution in [-0.2, 0) is 17.7 Å². The molecule has 0 atom stereocenters. The minimum absolute atomic E-state index is 0.296. The standard InChI is InChI=1S/C19H26N4O2S/c1-4-20-19(21-11-10-17-22-12-14(3)26-17)23-13-15-6-8-16(9-7-15)18(24)25-5-2/h6-9,12H,4-5,10-11,13H2,1-3H3,(H2,20,21,23). The topological polar surface area (TPSA) is 75.6 Å². The predicted molar refractivity (Wildman–Crippen MR) is 106 cm³/mol. The monoisotopic (exact) mass is 374 g/mol. The lowest BCUT2D eigenvalue weighted by atomic mass is 10.1. The number of rotatable bonds is 8. The molecule has 0 aliphatic carbocycles. The summed E-state index contributed by atoms with van der Waals surface area (Å²) in [4.78, 5) is 21.9. The number of aromatic nitrogens is 1. The van der Waals surface area contributed by atoms with Gasteiger partial charge in [-0.1, -0.05) is 12.1 Å². The van der Waals surface area contributed by atoms with Crippen molar-refractivity contribution in [2.75, 3.05) is 19.7 Å². The van der Waals surface area contributed by atoms with Gasteiger partial charge in [-0.3, -0.25) is 0 Å². The molecule has 1 aromatic heterocycles. The predicted octanol–water partition coefficient (Wildman–Crippen LogP) is 2.93. The van der Waals surface area contributed by atoms with E-state index in [-0.39, 0.29) is 5.97 Å². The van der Waals surface area contributed by atoms with Crippen LogP contribution in [-0.4, -0.2) is 36.6 Å². The summed E-state index contributed by atoms with van der Waals surface area (Å²) in [6.45, 7) is 8.39. The molecular weight excluding hydrogens is 348 g/mol. The van der Waals surface area contributed by atoms with Gasteiger partial charge in [0, 0.05) is 30.6 Å². The largest absolute Gasteiger partial charge is 0.462 e. The van der Waals surface area contributed by atoms with Crippen molar-refractivity contribution in [3.05, 3.63) is 51.5 Å². The van der Waals surface area contributed by atoms with Gasteiger partial charge in [0.05, 0.1) is 23.7 Å². The number of aryl methyl sites for hydroxylation is 1. The summed E-state index contributed by atoms with van der Waals surface area (Å²) in [5.74, 6) is 0.477. The number of thiazole rings is 1. The van der Waals surface area contributed by atoms with Gasteiger partial charge in [0.1, 0.15) is 0 Å². The molecule has 2 rings (SSSR count). The molecule has 140 valence electrons. The fourth-order valence-electron chi connectivity index (χ4n) is 2.28. The minimum Gasteiger partial charge on any atom is -0.462 e. The van der Waals surface area contributed by atoms with Gasteiger partial charge in [0.2, 0.25) is 0 Å². The maximum atomic E-state index is 11.7. The molecule has 0 amide bonds. The molecule has 1 aromatic carbocycles. The molecule has 1 heterocycles. The Labute approximate surface area is 158 Å². The highest BCUT2D eigenvalue weighted by Gasteiger charge is 2.06. The van der Waals surface area contributed by atoms with Crippen molar-refractivity contribution in [2.45, 2.75) is 33.7 Å². The number of aliphatic imine (C=N–C) groups is 1. The molecule has 0 bridgehead atoms. The van der Waals surface area contributed by atoms with Gasteiger partial charge in [0.25, 0.3) is 0 Å². The normalized spacial score (nSPS) is 11.3. The molecule has 6 nitrogen and oxygen atoms in total. The second-order valence-corrected chi connectivity index (χ2v) is 6.97. The van der Waals surface area contributed by atoms with Crippen LogP contribution in [0.2, 0.25) is 0 Å². The molecule has 7 heteroatoms. The van der Waals surface area contributed by atoms with E-state index in [1.54, 1.807) is 30.4 Å². The molecule has 0 radical (unpaired) electrons. The molecule has 0 unspecified atom stereocenters. The Kier molecular flexibility index (Phi) is 8.08. The highest BCUT2D eigenvalue weighted by Crippen LogP contribution is 2.11. The van der Waals surface area contributed by atoms with Crippen molar-refractivity contribution in [1.29, 1.82) is 0 Å². The number of hydrogen-bond acceptors (Lipinski definition) is 5. The molecular formula is C19H26N4O2S. The Balaban J connectivity index is 1.88. The van der Waals surface area contributed by atoms with E-state index in [0.29, 0.717) is 18.7 Å². The van der Waals surface area contributed by atoms with Gasteiger partial charge in [-0.05, 0) is 38.5 Å². The summed E-state index contributed by atoms with van der Waals surface area (Å²) >= 11 is 1.72. The number of nitrogens with zero attached hydrogens (tertiary/aromatic N) is 2. The Bertz CT molecular complexity index is 725. The Morgan fingerprint density at radius 2 is 2.00 bits per heavy atom. The number of esters is 1. The summed E-state index contributed by atoms with van der Waals surface area (Å²) in [6, 6.07) is 7.34. The molecule has 2 aromatic rings. The minimum atomic E-state index is -0.296. The maximum Gasteiger partial charge on any atom is 0.338 e. The van der Waals surface area contributed by atoms with Crippen molar-refractivity contribution < 1.29 is 9.53 Å². The first kappa shape index (κ1) is 19.9. The van der Waals surface area contributed by atoms with Crippen LogP contribution in [0.3, 0.4) is 0 Å². The highest BCUT2D eigenvalue weighted by atomic mass is 32.1. The SMILES string of the molecule is CCNC(=NCc1ccc(C(=O)OCC)cc1)NCCc1ncc(C)s1. The lowest BCUT2D eigenvalue weighted by molar-refractivity contribution is 0.0526. The molecule has 0 aliphatic heterocycles. The molecule has 26 heavy (non-hydrogen) atoms. The van der Waals surface area contributed by atoms with Crippen molar-refractivity contribution >= 4 is 23.3 Å². The average Bonchev–Trinajstić information content (AvgIpc) is 3.05. The lowest BCUT2D eigenvalue weighted by Gasteiger charge is -2.10. The summed E-state index contributed by atoms with van der Waals surface area (Å²) in [5.41, 5.74) is 1.59. The second-order valence-electron chi connectivity index (χ2n) is 5.65. The average molecular weight is 375 g/mol. The van der Waals surface area contributed by atoms with Crippen molar-refractivity contribution in [3.8, 4) is 0 Å². The first-order valence-electron chi connectivity index (χ1n) is 8.82. The van der Waals surface area contributed by atoms with Crippen LogP contribution in [0.4, 0.5) is 0 Å². The van der Waals surface area contributed by atoms with Gasteiger partial charge in [-0.15, -0.1) is 11.3 Å². The molecule has 0 aliphatic rings. The summed E-state index contributed by atoms with van der Waals surface area (Å²) in [7, 11) is 0. The first-order valence-corrected chi connectivity index (χ1v) is 9.63. The van der Waals surface area contributed by atoms with Crippen molar-refractivity contribution in [3.63, 3.8) is 0 Å². The zero-order chi connectivity index (χ0) is 18.8. The third-order valence-electron chi connectivity index (χ3n) is 3.53. The molecule has 0 spiro atoms. The fraction of sp³-hybridized carbons (Fsp3) is 0.421. The molecule has 2 N–H and O–H groups in total. The van der Waals surface area contributed by atoms with E-state index < -0.39 is 0 Å². The maximum absolute atomic E-state index is 11.7. The Morgan fingerprint density at radius 3 is 2.62 bits per heavy atom. The third kappa shape index (κ3) is 6.48. The molecule has 0 saturated heterocycles. The van der Waals surface area contributed by atoms with Gasteiger partial charge in [0.15, 0.2) is 5.96 Å². The number of guanidine groups is 1. The van der Waals surface area contributed by atoms with E-state index in [1.165, 1.54) is 4.88 Å². The van der Waals surface area contributed by atoms with Crippen LogP contribution in [0.15, 0.2) is 35.5 Å². The fourth-order valence-corrected chi connectivity index (χ4v) is 3.06. The summed E-state index contributed by atoms with van der Waals surface area (Å²) in [5, 5.41) is 7.69. The molecule has 0 saturated carbocycles. The van der Waals surface area contributed by atoms with Gasteiger partial charge < -0.3 is 15.4 Å². The van der Waals surface area contributed by atoms with Crippen molar-refractivity contribution in [1.82, 2.24) is 15.6 Å². The first-order chi connectivity index (χ1) is 12.6. The number of hydrogen-bond donors (Lipinski definition) is 2. The van der Waals surface area contributed by atoms with E-state index in [9.17, 15) is 4.79 Å². The highest BCUT2D eigenvalue weighted by molar-refractivity contribution is 7.11. The van der Waals surface area contributed by atoms with Gasteiger partial charge in [-0.2, -0.15) is 0 Å². The van der Waals surface area contributed by atoms with Gasteiger partial charge >= 0.3 is 5.97 Å². The van der Waals surface area contributed by atoms with Crippen LogP contribution in [0, 0.1) is 6.92 Å². The Hall–Kier alpha value is -2.41. The quantitative estimate of drug-likeness (QED) is 0.422. The number of nitrogens with one attached hydrogen (secondary N) is 2. The Morgan fingerprint density at radius 1 is 1.23 bits per heavy atom. The van der Waals surface area contributed by atoms with Gasteiger partial charge in [-0.25, -0.2) is 14.8 Å². The van der Waals surface area contributed by atoms with Crippen LogP contribution < -0.4 is 10.6 Å². The summed E-state index contributed by atoms with van der Waals surface area (Å²) < 4.78 is 4.99. The van der Waals surface area contributed by atoms with E-state index in [4.69, 9.17) is 4.74 Å². The number of benzene rings is 1. The van der Waals surface area contributed by atoms with E-state index >= 15 is 0 Å². The zero-order valence-corrected chi connectivity index (χ0v) is 16.4. The van der Waals surface area contributed by atoms with E-state index in [2.05, 4.69) is 27.5 Å². The zero-order valence-electron chi connectivity index (χ0n) is 15.5. The van der Waals surface area contributed by atoms with E-state index in [0.717, 1.165) is 36.0 Å². The van der Waals surface area contributed by atoms with Crippen LogP contribution >= 0.6 is 11.3 Å². The lowest BCUT2D eigenvalue weighted by Crippen LogP contribution is -2.38. The van der Waals surface area contributed by atoms with Crippen molar-refractivity contribution in [2.24, 2.45) is 4.99 Å². The van der Waals surface area contributed by atoms with Crippen LogP contribution in [0.1, 0.15) is 39.7 Å². The van der Waals surface area contributed by atoms with Crippen LogP contribution in [0.25, 0.3) is 0 Å². The number of ether oxygens (including phenoxy) is 1. The van der Waals surface area contributed by atoms with Crippen LogP contribution in [0.5, 0.6) is 0 Å². The third-order valence-corrected chi connectivity index (χ3v) is 4.50. The summed E-state index contributed by atoms with van der Waals surface area (Å²) in [6.07, 6.45) is 2.77. The molecule has 0 fully saturated rings.